The molecule has 0 radical (unpaired) electrons. The zero-order valence-corrected chi connectivity index (χ0v) is 13.9. The molecule has 2 aromatic carbocycles. The van der Waals surface area contributed by atoms with Gasteiger partial charge in [-0.15, -0.1) is 10.2 Å². The highest BCUT2D eigenvalue weighted by Crippen LogP contribution is 2.16. The predicted molar refractivity (Wildman–Crippen MR) is 93.1 cm³/mol. The van der Waals surface area contributed by atoms with Crippen LogP contribution >= 0.6 is 0 Å². The number of hydrogen-bond donors (Lipinski definition) is 1. The molecule has 6 nitrogen and oxygen atoms in total. The standard InChI is InChI=1S/C19H19N3O3/c1-14-7-9-16(10-8-14)24-13-17(23)20-12-11-18-21-22-19(25-18)15-5-3-2-4-6-15/h2-10H,11-13H2,1H3,(H,20,23). The van der Waals surface area contributed by atoms with Crippen molar-refractivity contribution in [2.24, 2.45) is 0 Å². The summed E-state index contributed by atoms with van der Waals surface area (Å²) < 4.78 is 11.0. The van der Waals surface area contributed by atoms with E-state index in [0.29, 0.717) is 30.5 Å². The third-order valence-corrected chi connectivity index (χ3v) is 3.54. The predicted octanol–water partition coefficient (Wildman–Crippen LogP) is 2.78. The number of nitrogens with zero attached hydrogens (tertiary/aromatic N) is 2. The van der Waals surface area contributed by atoms with E-state index in [9.17, 15) is 4.79 Å². The second-order valence-electron chi connectivity index (χ2n) is 5.57. The SMILES string of the molecule is Cc1ccc(OCC(=O)NCCc2nnc(-c3ccccc3)o2)cc1. The van der Waals surface area contributed by atoms with E-state index in [2.05, 4.69) is 15.5 Å². The summed E-state index contributed by atoms with van der Waals surface area (Å²) in [7, 11) is 0. The van der Waals surface area contributed by atoms with Crippen LogP contribution in [0.5, 0.6) is 5.75 Å². The van der Waals surface area contributed by atoms with Crippen molar-refractivity contribution in [1.82, 2.24) is 15.5 Å². The van der Waals surface area contributed by atoms with E-state index in [-0.39, 0.29) is 12.5 Å². The Hall–Kier alpha value is -3.15. The number of benzene rings is 2. The molecule has 0 saturated heterocycles. The number of carbonyl (C=O) groups is 1. The molecule has 0 spiro atoms. The zero-order valence-electron chi connectivity index (χ0n) is 13.9. The lowest BCUT2D eigenvalue weighted by molar-refractivity contribution is -0.123. The van der Waals surface area contributed by atoms with Crippen molar-refractivity contribution >= 4 is 5.91 Å². The molecular weight excluding hydrogens is 318 g/mol. The van der Waals surface area contributed by atoms with Crippen LogP contribution < -0.4 is 10.1 Å². The fourth-order valence-corrected chi connectivity index (χ4v) is 2.20. The topological polar surface area (TPSA) is 77.2 Å². The summed E-state index contributed by atoms with van der Waals surface area (Å²) >= 11 is 0. The van der Waals surface area contributed by atoms with Crippen LogP contribution in [0.4, 0.5) is 0 Å². The summed E-state index contributed by atoms with van der Waals surface area (Å²) in [6.45, 7) is 2.38. The summed E-state index contributed by atoms with van der Waals surface area (Å²) in [5.74, 6) is 1.44. The highest BCUT2D eigenvalue weighted by molar-refractivity contribution is 5.77. The van der Waals surface area contributed by atoms with Gasteiger partial charge in [-0.25, -0.2) is 0 Å². The van der Waals surface area contributed by atoms with Crippen molar-refractivity contribution in [2.75, 3.05) is 13.2 Å². The molecule has 1 N–H and O–H groups in total. The van der Waals surface area contributed by atoms with E-state index in [4.69, 9.17) is 9.15 Å². The largest absolute Gasteiger partial charge is 0.484 e. The Morgan fingerprint density at radius 2 is 1.84 bits per heavy atom. The van der Waals surface area contributed by atoms with Crippen LogP contribution in [0.2, 0.25) is 0 Å². The Bertz CT molecular complexity index is 813. The first kappa shape index (κ1) is 16.7. The van der Waals surface area contributed by atoms with Crippen LogP contribution in [0.1, 0.15) is 11.5 Å². The second kappa shape index (κ2) is 8.10. The molecule has 3 rings (SSSR count). The molecule has 0 unspecified atom stereocenters. The van der Waals surface area contributed by atoms with Crippen LogP contribution in [-0.4, -0.2) is 29.3 Å². The highest BCUT2D eigenvalue weighted by atomic mass is 16.5. The number of amides is 1. The fourth-order valence-electron chi connectivity index (χ4n) is 2.20. The lowest BCUT2D eigenvalue weighted by Crippen LogP contribution is -2.30. The Labute approximate surface area is 145 Å². The van der Waals surface area contributed by atoms with Gasteiger partial charge < -0.3 is 14.5 Å². The maximum atomic E-state index is 11.8. The van der Waals surface area contributed by atoms with Crippen LogP contribution in [0.25, 0.3) is 11.5 Å². The molecule has 0 bridgehead atoms. The van der Waals surface area contributed by atoms with Crippen LogP contribution in [0.3, 0.4) is 0 Å². The van der Waals surface area contributed by atoms with Gasteiger partial charge in [0.15, 0.2) is 6.61 Å². The quantitative estimate of drug-likeness (QED) is 0.717. The Balaban J connectivity index is 1.41. The monoisotopic (exact) mass is 337 g/mol. The minimum absolute atomic E-state index is 0.0256. The first-order valence-electron chi connectivity index (χ1n) is 8.05. The van der Waals surface area contributed by atoms with Gasteiger partial charge in [0.05, 0.1) is 0 Å². The van der Waals surface area contributed by atoms with Crippen LogP contribution in [0.15, 0.2) is 59.0 Å². The maximum absolute atomic E-state index is 11.8. The van der Waals surface area contributed by atoms with Crippen LogP contribution in [-0.2, 0) is 11.2 Å². The molecule has 3 aromatic rings. The Morgan fingerprint density at radius 3 is 2.60 bits per heavy atom. The van der Waals surface area contributed by atoms with Crippen molar-refractivity contribution in [3.05, 3.63) is 66.1 Å². The highest BCUT2D eigenvalue weighted by Gasteiger charge is 2.09. The number of carbonyl (C=O) groups excluding carboxylic acids is 1. The third kappa shape index (κ3) is 4.91. The van der Waals surface area contributed by atoms with E-state index >= 15 is 0 Å². The van der Waals surface area contributed by atoms with Gasteiger partial charge in [0, 0.05) is 18.5 Å². The Morgan fingerprint density at radius 1 is 1.08 bits per heavy atom. The van der Waals surface area contributed by atoms with E-state index in [0.717, 1.165) is 11.1 Å². The minimum atomic E-state index is -0.191. The molecule has 6 heteroatoms. The number of aryl methyl sites for hydroxylation is 1. The number of aromatic nitrogens is 2. The summed E-state index contributed by atoms with van der Waals surface area (Å²) in [5, 5.41) is 10.8. The van der Waals surface area contributed by atoms with E-state index in [1.54, 1.807) is 0 Å². The van der Waals surface area contributed by atoms with Crippen molar-refractivity contribution in [3.63, 3.8) is 0 Å². The lowest BCUT2D eigenvalue weighted by atomic mass is 10.2. The van der Waals surface area contributed by atoms with E-state index in [1.807, 2.05) is 61.5 Å². The number of nitrogens with one attached hydrogen (secondary N) is 1. The Kier molecular flexibility index (Phi) is 5.41. The van der Waals surface area contributed by atoms with E-state index < -0.39 is 0 Å². The normalized spacial score (nSPS) is 10.4. The summed E-state index contributed by atoms with van der Waals surface area (Å²) in [6.07, 6.45) is 0.468. The van der Waals surface area contributed by atoms with Crippen molar-refractivity contribution in [2.45, 2.75) is 13.3 Å². The minimum Gasteiger partial charge on any atom is -0.484 e. The van der Waals surface area contributed by atoms with Crippen LogP contribution in [0, 0.1) is 6.92 Å². The number of ether oxygens (including phenoxy) is 1. The fraction of sp³-hybridized carbons (Fsp3) is 0.211. The first-order chi connectivity index (χ1) is 12.2. The maximum Gasteiger partial charge on any atom is 0.257 e. The van der Waals surface area contributed by atoms with Gasteiger partial charge in [-0.3, -0.25) is 4.79 Å². The third-order valence-electron chi connectivity index (χ3n) is 3.54. The zero-order chi connectivity index (χ0) is 17.5. The smallest absolute Gasteiger partial charge is 0.257 e. The van der Waals surface area contributed by atoms with Crippen molar-refractivity contribution < 1.29 is 13.9 Å². The van der Waals surface area contributed by atoms with Crippen molar-refractivity contribution in [3.8, 4) is 17.2 Å². The molecule has 0 aliphatic heterocycles. The molecule has 0 aliphatic carbocycles. The van der Waals surface area contributed by atoms with Crippen molar-refractivity contribution in [1.29, 1.82) is 0 Å². The molecular formula is C19H19N3O3. The second-order valence-corrected chi connectivity index (χ2v) is 5.57. The molecule has 0 fully saturated rings. The summed E-state index contributed by atoms with van der Waals surface area (Å²) in [4.78, 5) is 11.8. The molecule has 1 aromatic heterocycles. The van der Waals surface area contributed by atoms with Gasteiger partial charge in [0.25, 0.3) is 5.91 Å². The molecule has 1 amide bonds. The molecule has 128 valence electrons. The van der Waals surface area contributed by atoms with Gasteiger partial charge in [0.1, 0.15) is 5.75 Å². The van der Waals surface area contributed by atoms with E-state index in [1.165, 1.54) is 0 Å². The van der Waals surface area contributed by atoms with Gasteiger partial charge in [-0.2, -0.15) is 0 Å². The average molecular weight is 337 g/mol. The first-order valence-corrected chi connectivity index (χ1v) is 8.05. The molecule has 0 saturated carbocycles. The van der Waals surface area contributed by atoms with Gasteiger partial charge >= 0.3 is 0 Å². The van der Waals surface area contributed by atoms with Gasteiger partial charge in [-0.05, 0) is 31.2 Å². The molecule has 1 heterocycles. The summed E-state index contributed by atoms with van der Waals surface area (Å²) in [5.41, 5.74) is 2.02. The van der Waals surface area contributed by atoms with Gasteiger partial charge in [0.2, 0.25) is 11.8 Å². The summed E-state index contributed by atoms with van der Waals surface area (Å²) in [6, 6.07) is 17.1. The number of hydrogen-bond acceptors (Lipinski definition) is 5. The molecule has 0 aliphatic rings. The lowest BCUT2D eigenvalue weighted by Gasteiger charge is -2.06. The average Bonchev–Trinajstić information content (AvgIpc) is 3.11. The number of rotatable bonds is 7. The molecule has 25 heavy (non-hydrogen) atoms. The molecule has 0 atom stereocenters. The van der Waals surface area contributed by atoms with Gasteiger partial charge in [-0.1, -0.05) is 35.9 Å².